The van der Waals surface area contributed by atoms with Crippen LogP contribution in [0.1, 0.15) is 11.1 Å². The molecular weight excluding hydrogens is 230 g/mol. The van der Waals surface area contributed by atoms with Gasteiger partial charge in [0.05, 0.1) is 0 Å². The Hall–Kier alpha value is -1.94. The highest BCUT2D eigenvalue weighted by Gasteiger charge is 1.97. The lowest BCUT2D eigenvalue weighted by Gasteiger charge is -2.05. The molecule has 1 heterocycles. The van der Waals surface area contributed by atoms with Crippen LogP contribution in [0, 0.1) is 0 Å². The van der Waals surface area contributed by atoms with Gasteiger partial charge in [-0.2, -0.15) is 0 Å². The van der Waals surface area contributed by atoms with E-state index in [9.17, 15) is 0 Å². The van der Waals surface area contributed by atoms with Crippen LogP contribution in [0.2, 0.25) is 0 Å². The van der Waals surface area contributed by atoms with E-state index >= 15 is 0 Å². The molecule has 0 spiro atoms. The maximum atomic E-state index is 5.40. The lowest BCUT2D eigenvalue weighted by Crippen LogP contribution is -2.18. The second-order valence-corrected chi connectivity index (χ2v) is 4.16. The molecule has 0 saturated heterocycles. The summed E-state index contributed by atoms with van der Waals surface area (Å²) < 4.78 is 0. The molecule has 0 fully saturated rings. The van der Waals surface area contributed by atoms with Crippen molar-refractivity contribution in [1.29, 1.82) is 0 Å². The van der Waals surface area contributed by atoms with Gasteiger partial charge in [-0.05, 0) is 54.0 Å². The Morgan fingerprint density at radius 3 is 2.24 bits per heavy atom. The van der Waals surface area contributed by atoms with Crippen molar-refractivity contribution >= 4 is 23.0 Å². The number of nitrogens with two attached hydrogens (primary N) is 1. The van der Waals surface area contributed by atoms with Crippen molar-refractivity contribution in [1.82, 2.24) is 4.98 Å². The van der Waals surface area contributed by atoms with Crippen LogP contribution in [-0.2, 0) is 6.42 Å². The van der Waals surface area contributed by atoms with Gasteiger partial charge in [0.2, 0.25) is 0 Å². The molecule has 0 radical (unpaired) electrons. The summed E-state index contributed by atoms with van der Waals surface area (Å²) in [6.45, 7) is 0. The normalized spacial score (nSPS) is 9.88. The predicted octanol–water partition coefficient (Wildman–Crippen LogP) is 2.33. The van der Waals surface area contributed by atoms with E-state index in [1.165, 1.54) is 11.1 Å². The number of benzene rings is 1. The molecular formula is C13H13N3S. The SMILES string of the molecule is NC(=S)Nc1ccc(Cc2ccncc2)cc1. The summed E-state index contributed by atoms with van der Waals surface area (Å²) in [5.41, 5.74) is 8.80. The molecule has 1 aromatic heterocycles. The van der Waals surface area contributed by atoms with Gasteiger partial charge in [-0.15, -0.1) is 0 Å². The maximum absolute atomic E-state index is 5.40. The number of hydrogen-bond acceptors (Lipinski definition) is 2. The van der Waals surface area contributed by atoms with Crippen LogP contribution in [-0.4, -0.2) is 10.1 Å². The average molecular weight is 243 g/mol. The van der Waals surface area contributed by atoms with Gasteiger partial charge in [0.1, 0.15) is 0 Å². The number of aromatic nitrogens is 1. The van der Waals surface area contributed by atoms with Crippen LogP contribution in [0.5, 0.6) is 0 Å². The Balaban J connectivity index is 2.06. The van der Waals surface area contributed by atoms with Gasteiger partial charge in [0.25, 0.3) is 0 Å². The van der Waals surface area contributed by atoms with E-state index in [1.54, 1.807) is 12.4 Å². The first-order valence-electron chi connectivity index (χ1n) is 5.28. The largest absolute Gasteiger partial charge is 0.376 e. The average Bonchev–Trinajstić information content (AvgIpc) is 2.32. The van der Waals surface area contributed by atoms with Crippen molar-refractivity contribution in [3.8, 4) is 0 Å². The Kier molecular flexibility index (Phi) is 3.67. The molecule has 0 aliphatic carbocycles. The van der Waals surface area contributed by atoms with E-state index in [2.05, 4.69) is 22.4 Å². The molecule has 3 N–H and O–H groups in total. The van der Waals surface area contributed by atoms with Crippen molar-refractivity contribution in [2.75, 3.05) is 5.32 Å². The molecule has 0 aliphatic rings. The second kappa shape index (κ2) is 5.41. The molecule has 2 rings (SSSR count). The molecule has 0 amide bonds. The smallest absolute Gasteiger partial charge is 0.168 e. The number of thiocarbonyl (C=S) groups is 1. The Morgan fingerprint density at radius 1 is 1.06 bits per heavy atom. The number of hydrogen-bond donors (Lipinski definition) is 2. The zero-order valence-electron chi connectivity index (χ0n) is 9.26. The number of rotatable bonds is 3. The van der Waals surface area contributed by atoms with Crippen LogP contribution in [0.4, 0.5) is 5.69 Å². The maximum Gasteiger partial charge on any atom is 0.168 e. The number of nitrogens with one attached hydrogen (secondary N) is 1. The molecule has 0 atom stereocenters. The zero-order valence-corrected chi connectivity index (χ0v) is 10.1. The molecule has 0 aliphatic heterocycles. The summed E-state index contributed by atoms with van der Waals surface area (Å²) in [4.78, 5) is 4.00. The predicted molar refractivity (Wildman–Crippen MR) is 73.9 cm³/mol. The van der Waals surface area contributed by atoms with E-state index in [0.29, 0.717) is 0 Å². The highest BCUT2D eigenvalue weighted by Crippen LogP contribution is 2.12. The lowest BCUT2D eigenvalue weighted by atomic mass is 10.1. The summed E-state index contributed by atoms with van der Waals surface area (Å²) in [6, 6.07) is 12.1. The molecule has 3 nitrogen and oxygen atoms in total. The lowest BCUT2D eigenvalue weighted by molar-refractivity contribution is 1.16. The van der Waals surface area contributed by atoms with Crippen LogP contribution in [0.15, 0.2) is 48.8 Å². The fourth-order valence-corrected chi connectivity index (χ4v) is 1.70. The van der Waals surface area contributed by atoms with Crippen molar-refractivity contribution in [3.05, 3.63) is 59.9 Å². The summed E-state index contributed by atoms with van der Waals surface area (Å²) >= 11 is 4.78. The van der Waals surface area contributed by atoms with Gasteiger partial charge in [-0.25, -0.2) is 0 Å². The van der Waals surface area contributed by atoms with Gasteiger partial charge in [0, 0.05) is 18.1 Å². The standard InChI is InChI=1S/C13H13N3S/c14-13(17)16-12-3-1-10(2-4-12)9-11-5-7-15-8-6-11/h1-8H,9H2,(H3,14,16,17). The zero-order chi connectivity index (χ0) is 12.1. The monoisotopic (exact) mass is 243 g/mol. The minimum absolute atomic E-state index is 0.284. The molecule has 17 heavy (non-hydrogen) atoms. The van der Waals surface area contributed by atoms with E-state index < -0.39 is 0 Å². The van der Waals surface area contributed by atoms with Crippen LogP contribution in [0.3, 0.4) is 0 Å². The van der Waals surface area contributed by atoms with Crippen LogP contribution in [0.25, 0.3) is 0 Å². The first-order valence-corrected chi connectivity index (χ1v) is 5.69. The summed E-state index contributed by atoms with van der Waals surface area (Å²) in [5, 5.41) is 3.18. The minimum atomic E-state index is 0.284. The first kappa shape index (κ1) is 11.5. The quantitative estimate of drug-likeness (QED) is 0.812. The van der Waals surface area contributed by atoms with E-state index in [4.69, 9.17) is 18.0 Å². The third kappa shape index (κ3) is 3.53. The summed E-state index contributed by atoms with van der Waals surface area (Å²) in [6.07, 6.45) is 4.51. The van der Waals surface area contributed by atoms with Crippen molar-refractivity contribution in [2.45, 2.75) is 6.42 Å². The Morgan fingerprint density at radius 2 is 1.65 bits per heavy atom. The second-order valence-electron chi connectivity index (χ2n) is 3.72. The van der Waals surface area contributed by atoms with E-state index in [0.717, 1.165) is 12.1 Å². The fourth-order valence-electron chi connectivity index (χ4n) is 1.58. The molecule has 0 saturated carbocycles. The van der Waals surface area contributed by atoms with Crippen LogP contribution < -0.4 is 11.1 Å². The molecule has 0 unspecified atom stereocenters. The summed E-state index contributed by atoms with van der Waals surface area (Å²) in [7, 11) is 0. The van der Waals surface area contributed by atoms with Crippen molar-refractivity contribution in [2.24, 2.45) is 5.73 Å². The fraction of sp³-hybridized carbons (Fsp3) is 0.0769. The number of nitrogens with zero attached hydrogens (tertiary/aromatic N) is 1. The highest BCUT2D eigenvalue weighted by molar-refractivity contribution is 7.80. The summed E-state index contributed by atoms with van der Waals surface area (Å²) in [5.74, 6) is 0. The first-order chi connectivity index (χ1) is 8.24. The van der Waals surface area contributed by atoms with Gasteiger partial charge in [-0.3, -0.25) is 4.98 Å². The molecule has 0 bridgehead atoms. The van der Waals surface area contributed by atoms with Crippen molar-refractivity contribution < 1.29 is 0 Å². The van der Waals surface area contributed by atoms with Gasteiger partial charge in [-0.1, -0.05) is 12.1 Å². The van der Waals surface area contributed by atoms with E-state index in [-0.39, 0.29) is 5.11 Å². The third-order valence-corrected chi connectivity index (χ3v) is 2.48. The van der Waals surface area contributed by atoms with E-state index in [1.807, 2.05) is 24.3 Å². The van der Waals surface area contributed by atoms with Gasteiger partial charge >= 0.3 is 0 Å². The number of pyridine rings is 1. The van der Waals surface area contributed by atoms with Gasteiger partial charge in [0.15, 0.2) is 5.11 Å². The third-order valence-electron chi connectivity index (χ3n) is 2.38. The molecule has 4 heteroatoms. The molecule has 86 valence electrons. The minimum Gasteiger partial charge on any atom is -0.376 e. The Bertz CT molecular complexity index is 494. The Labute approximate surface area is 106 Å². The molecule has 2 aromatic rings. The molecule has 1 aromatic carbocycles. The topological polar surface area (TPSA) is 50.9 Å². The van der Waals surface area contributed by atoms with Gasteiger partial charge < -0.3 is 11.1 Å². The van der Waals surface area contributed by atoms with Crippen LogP contribution >= 0.6 is 12.2 Å². The van der Waals surface area contributed by atoms with Crippen molar-refractivity contribution in [3.63, 3.8) is 0 Å². The highest BCUT2D eigenvalue weighted by atomic mass is 32.1. The number of anilines is 1.